The van der Waals surface area contributed by atoms with Gasteiger partial charge < -0.3 is 10.1 Å². The lowest BCUT2D eigenvalue weighted by molar-refractivity contribution is -0.125. The summed E-state index contributed by atoms with van der Waals surface area (Å²) >= 11 is 0. The fourth-order valence-electron chi connectivity index (χ4n) is 3.38. The Morgan fingerprint density at radius 1 is 0.815 bits per heavy atom. The first kappa shape index (κ1) is 18.6. The predicted octanol–water partition coefficient (Wildman–Crippen LogP) is 4.32. The monoisotopic (exact) mass is 357 g/mol. The molecule has 27 heavy (non-hydrogen) atoms. The van der Waals surface area contributed by atoms with E-state index >= 15 is 0 Å². The number of carbonyl (C=O) groups excluding carboxylic acids is 2. The van der Waals surface area contributed by atoms with Crippen molar-refractivity contribution in [1.29, 1.82) is 0 Å². The second-order valence-corrected chi connectivity index (χ2v) is 6.71. The molecule has 3 aromatic rings. The second-order valence-electron chi connectivity index (χ2n) is 6.71. The van der Waals surface area contributed by atoms with E-state index < -0.39 is 5.54 Å². The van der Waals surface area contributed by atoms with Crippen molar-refractivity contribution in [3.05, 3.63) is 108 Å². The van der Waals surface area contributed by atoms with Gasteiger partial charge in [-0.25, -0.2) is 0 Å². The molecular formula is C24H23NO2. The maximum Gasteiger partial charge on any atom is 0.221 e. The topological polar surface area (TPSA) is 46.2 Å². The molecule has 3 rings (SSSR count). The van der Waals surface area contributed by atoms with E-state index in [1.54, 1.807) is 6.92 Å². The van der Waals surface area contributed by atoms with Crippen molar-refractivity contribution in [1.82, 2.24) is 5.32 Å². The Morgan fingerprint density at radius 3 is 1.52 bits per heavy atom. The molecule has 3 aromatic carbocycles. The van der Waals surface area contributed by atoms with Gasteiger partial charge in [0.25, 0.3) is 0 Å². The van der Waals surface area contributed by atoms with Crippen molar-refractivity contribution >= 4 is 12.2 Å². The van der Waals surface area contributed by atoms with Crippen molar-refractivity contribution in [2.45, 2.75) is 18.9 Å². The zero-order valence-corrected chi connectivity index (χ0v) is 15.3. The SMILES string of the molecule is C[C@@H](C=O)CC(=O)NC(c1ccccc1)(c1ccccc1)c1ccccc1. The largest absolute Gasteiger partial charge is 0.338 e. The Kier molecular flexibility index (Phi) is 5.82. The summed E-state index contributed by atoms with van der Waals surface area (Å²) in [6.45, 7) is 1.75. The molecule has 0 saturated carbocycles. The molecule has 0 aliphatic carbocycles. The minimum absolute atomic E-state index is 0.151. The van der Waals surface area contributed by atoms with E-state index in [4.69, 9.17) is 0 Å². The van der Waals surface area contributed by atoms with Crippen LogP contribution < -0.4 is 5.32 Å². The molecule has 0 spiro atoms. The van der Waals surface area contributed by atoms with Crippen LogP contribution in [0.1, 0.15) is 30.0 Å². The van der Waals surface area contributed by atoms with Gasteiger partial charge in [0.15, 0.2) is 0 Å². The molecule has 0 heterocycles. The third-order valence-electron chi connectivity index (χ3n) is 4.69. The highest BCUT2D eigenvalue weighted by molar-refractivity contribution is 5.81. The lowest BCUT2D eigenvalue weighted by Gasteiger charge is -2.37. The van der Waals surface area contributed by atoms with Crippen molar-refractivity contribution in [3.63, 3.8) is 0 Å². The molecule has 3 nitrogen and oxygen atoms in total. The maximum atomic E-state index is 12.9. The predicted molar refractivity (Wildman–Crippen MR) is 107 cm³/mol. The van der Waals surface area contributed by atoms with Crippen LogP contribution in [-0.4, -0.2) is 12.2 Å². The van der Waals surface area contributed by atoms with Gasteiger partial charge in [-0.2, -0.15) is 0 Å². The Morgan fingerprint density at radius 2 is 1.19 bits per heavy atom. The Bertz CT molecular complexity index is 779. The number of carbonyl (C=O) groups is 2. The van der Waals surface area contributed by atoms with E-state index in [1.165, 1.54) is 0 Å². The Hall–Kier alpha value is -3.20. The van der Waals surface area contributed by atoms with Crippen molar-refractivity contribution in [3.8, 4) is 0 Å². The van der Waals surface area contributed by atoms with E-state index in [2.05, 4.69) is 5.32 Å². The summed E-state index contributed by atoms with van der Waals surface area (Å²) in [4.78, 5) is 23.9. The Balaban J connectivity index is 2.20. The lowest BCUT2D eigenvalue weighted by Crippen LogP contribution is -2.48. The minimum Gasteiger partial charge on any atom is -0.338 e. The summed E-state index contributed by atoms with van der Waals surface area (Å²) in [5.41, 5.74) is 2.07. The van der Waals surface area contributed by atoms with Crippen LogP contribution in [0.3, 0.4) is 0 Å². The molecule has 0 aliphatic heterocycles. The zero-order valence-electron chi connectivity index (χ0n) is 15.3. The number of amides is 1. The van der Waals surface area contributed by atoms with Gasteiger partial charge in [0, 0.05) is 12.3 Å². The molecule has 0 radical (unpaired) electrons. The summed E-state index contributed by atoms with van der Waals surface area (Å²) in [6.07, 6.45) is 0.965. The average Bonchev–Trinajstić information content (AvgIpc) is 2.74. The molecule has 1 N–H and O–H groups in total. The fraction of sp³-hybridized carbons (Fsp3) is 0.167. The average molecular weight is 357 g/mol. The smallest absolute Gasteiger partial charge is 0.221 e. The number of benzene rings is 3. The summed E-state index contributed by atoms with van der Waals surface area (Å²) in [6, 6.07) is 29.8. The standard InChI is InChI=1S/C24H23NO2/c1-19(18-26)17-23(27)25-24(20-11-5-2-6-12-20,21-13-7-3-8-14-21)22-15-9-4-10-16-22/h2-16,18-19H,17H2,1H3,(H,25,27)/t19-/m1/s1. The van der Waals surface area contributed by atoms with Crippen molar-refractivity contribution in [2.24, 2.45) is 5.92 Å². The number of nitrogens with one attached hydrogen (secondary N) is 1. The molecule has 0 unspecified atom stereocenters. The molecule has 0 bridgehead atoms. The number of rotatable bonds is 7. The molecule has 1 atom stereocenters. The third-order valence-corrected chi connectivity index (χ3v) is 4.69. The van der Waals surface area contributed by atoms with E-state index in [0.717, 1.165) is 23.0 Å². The molecule has 1 amide bonds. The first-order valence-electron chi connectivity index (χ1n) is 9.09. The third kappa shape index (κ3) is 3.98. The molecular weight excluding hydrogens is 334 g/mol. The van der Waals surface area contributed by atoms with Crippen LogP contribution in [0.15, 0.2) is 91.0 Å². The summed E-state index contributed by atoms with van der Waals surface area (Å²) in [5.74, 6) is -0.490. The maximum absolute atomic E-state index is 12.9. The summed E-state index contributed by atoms with van der Waals surface area (Å²) in [5, 5.41) is 3.25. The van der Waals surface area contributed by atoms with Gasteiger partial charge in [0.05, 0.1) is 0 Å². The van der Waals surface area contributed by atoms with Crippen molar-refractivity contribution < 1.29 is 9.59 Å². The fourth-order valence-corrected chi connectivity index (χ4v) is 3.38. The van der Waals surface area contributed by atoms with Crippen molar-refractivity contribution in [2.75, 3.05) is 0 Å². The van der Waals surface area contributed by atoms with Crippen LogP contribution in [0.4, 0.5) is 0 Å². The summed E-state index contributed by atoms with van der Waals surface area (Å²) < 4.78 is 0. The molecule has 0 aromatic heterocycles. The lowest BCUT2D eigenvalue weighted by atomic mass is 9.77. The van der Waals surface area contributed by atoms with Gasteiger partial charge in [0.2, 0.25) is 5.91 Å². The molecule has 136 valence electrons. The molecule has 0 saturated heterocycles. The number of hydrogen-bond donors (Lipinski definition) is 1. The summed E-state index contributed by atoms with van der Waals surface area (Å²) in [7, 11) is 0. The molecule has 0 fully saturated rings. The van der Waals surface area contributed by atoms with Gasteiger partial charge in [-0.15, -0.1) is 0 Å². The van der Waals surface area contributed by atoms with Crippen LogP contribution in [-0.2, 0) is 15.1 Å². The first-order valence-corrected chi connectivity index (χ1v) is 9.09. The van der Waals surface area contributed by atoms with Gasteiger partial charge in [-0.1, -0.05) is 97.9 Å². The highest BCUT2D eigenvalue weighted by atomic mass is 16.2. The van der Waals surface area contributed by atoms with Crippen LogP contribution in [0.2, 0.25) is 0 Å². The van der Waals surface area contributed by atoms with Crippen LogP contribution in [0.25, 0.3) is 0 Å². The number of aldehydes is 1. The van der Waals surface area contributed by atoms with Gasteiger partial charge in [0.1, 0.15) is 11.8 Å². The normalized spacial score (nSPS) is 12.2. The first-order chi connectivity index (χ1) is 13.2. The van der Waals surface area contributed by atoms with Gasteiger partial charge in [-0.05, 0) is 16.7 Å². The van der Waals surface area contributed by atoms with E-state index in [1.807, 2.05) is 91.0 Å². The zero-order chi connectivity index (χ0) is 19.1. The quantitative estimate of drug-likeness (QED) is 0.506. The van der Waals surface area contributed by atoms with Gasteiger partial charge in [-0.3, -0.25) is 4.79 Å². The molecule has 3 heteroatoms. The van der Waals surface area contributed by atoms with E-state index in [9.17, 15) is 9.59 Å². The molecule has 0 aliphatic rings. The van der Waals surface area contributed by atoms with E-state index in [-0.39, 0.29) is 18.2 Å². The minimum atomic E-state index is -0.830. The second kappa shape index (κ2) is 8.45. The highest BCUT2D eigenvalue weighted by Gasteiger charge is 2.37. The number of hydrogen-bond acceptors (Lipinski definition) is 2. The van der Waals surface area contributed by atoms with Crippen LogP contribution in [0, 0.1) is 5.92 Å². The van der Waals surface area contributed by atoms with Gasteiger partial charge >= 0.3 is 0 Å². The van der Waals surface area contributed by atoms with E-state index in [0.29, 0.717) is 0 Å². The Labute approximate surface area is 160 Å². The van der Waals surface area contributed by atoms with Crippen LogP contribution in [0.5, 0.6) is 0 Å². The van der Waals surface area contributed by atoms with Crippen LogP contribution >= 0.6 is 0 Å². The highest BCUT2D eigenvalue weighted by Crippen LogP contribution is 2.36.